The Morgan fingerprint density at radius 3 is 2.65 bits per heavy atom. The maximum Gasteiger partial charge on any atom is 0.469 e. The largest absolute Gasteiger partial charge is 0.469 e. The molecule has 0 saturated carbocycles. The van der Waals surface area contributed by atoms with Crippen LogP contribution in [0.1, 0.15) is 12.0 Å². The van der Waals surface area contributed by atoms with Crippen LogP contribution in [-0.4, -0.2) is 71.2 Å². The number of nitrogens with zero attached hydrogens (tertiary/aromatic N) is 2. The molecular weight excluding hydrogens is 575 g/mol. The second-order valence-corrected chi connectivity index (χ2v) is 10.2. The van der Waals surface area contributed by atoms with Crippen molar-refractivity contribution in [1.82, 2.24) is 9.88 Å². The first-order chi connectivity index (χ1) is 18.9. The topological polar surface area (TPSA) is 148 Å². The first kappa shape index (κ1) is 31.3. The molecule has 3 aromatic rings. The van der Waals surface area contributed by atoms with Crippen molar-refractivity contribution >= 4 is 48.0 Å². The molecule has 0 spiro atoms. The molecule has 0 saturated heterocycles. The summed E-state index contributed by atoms with van der Waals surface area (Å²) in [5.41, 5.74) is 0.448. The Balaban J connectivity index is 1.60. The Bertz CT molecular complexity index is 1390. The highest BCUT2D eigenvalue weighted by Gasteiger charge is 2.23. The van der Waals surface area contributed by atoms with Gasteiger partial charge in [-0.15, -0.1) is 0 Å². The van der Waals surface area contributed by atoms with Crippen LogP contribution in [0.4, 0.5) is 19.4 Å². The fourth-order valence-corrected chi connectivity index (χ4v) is 4.09. The standard InChI is InChI=1S/C25H27ClF2N3O8P/c1-31(23(32)8-6-16-3-2-4-21(28)24(16)26)20(14-37-9-10-39-40(34,35)36)15-38-25(33)30-22-12-18-11-19(27)7-5-17(18)13-29-22/h2-5,7,11-13,20H,6,8-10,14-15H2,1H3,(H,29,30,33)(H2,34,35,36)/t20-/m0/s1. The quantitative estimate of drug-likeness (QED) is 0.193. The number of pyridine rings is 1. The van der Waals surface area contributed by atoms with Crippen molar-refractivity contribution in [3.63, 3.8) is 0 Å². The third kappa shape index (κ3) is 9.77. The number of hydrogen-bond acceptors (Lipinski definition) is 7. The van der Waals surface area contributed by atoms with Crippen molar-refractivity contribution in [2.24, 2.45) is 0 Å². The fraction of sp³-hybridized carbons (Fsp3) is 0.320. The molecule has 1 heterocycles. The van der Waals surface area contributed by atoms with Crippen LogP contribution in [0.2, 0.25) is 5.02 Å². The molecule has 1 aromatic heterocycles. The average molecular weight is 602 g/mol. The number of carbonyl (C=O) groups is 2. The Kier molecular flexibility index (Phi) is 11.3. The van der Waals surface area contributed by atoms with Gasteiger partial charge in [-0.05, 0) is 47.7 Å². The van der Waals surface area contributed by atoms with E-state index in [0.29, 0.717) is 16.3 Å². The van der Waals surface area contributed by atoms with Gasteiger partial charge in [0.15, 0.2) is 0 Å². The second kappa shape index (κ2) is 14.4. The van der Waals surface area contributed by atoms with Gasteiger partial charge < -0.3 is 24.2 Å². The molecule has 40 heavy (non-hydrogen) atoms. The molecule has 11 nitrogen and oxygen atoms in total. The third-order valence-corrected chi connectivity index (χ3v) is 6.64. The van der Waals surface area contributed by atoms with Crippen LogP contribution in [0, 0.1) is 11.6 Å². The Morgan fingerprint density at radius 2 is 1.90 bits per heavy atom. The van der Waals surface area contributed by atoms with Gasteiger partial charge in [0.1, 0.15) is 24.1 Å². The predicted molar refractivity (Wildman–Crippen MR) is 142 cm³/mol. The van der Waals surface area contributed by atoms with Crippen molar-refractivity contribution in [1.29, 1.82) is 0 Å². The van der Waals surface area contributed by atoms with E-state index in [1.54, 1.807) is 12.1 Å². The van der Waals surface area contributed by atoms with E-state index >= 15 is 0 Å². The summed E-state index contributed by atoms with van der Waals surface area (Å²) in [5.74, 6) is -1.33. The number of anilines is 1. The zero-order chi connectivity index (χ0) is 29.3. The van der Waals surface area contributed by atoms with E-state index in [4.69, 9.17) is 30.9 Å². The fourth-order valence-electron chi connectivity index (χ4n) is 3.56. The number of phosphoric acid groups is 1. The van der Waals surface area contributed by atoms with Crippen LogP contribution in [0.5, 0.6) is 0 Å². The molecule has 2 amide bonds. The number of aryl methyl sites for hydroxylation is 1. The van der Waals surface area contributed by atoms with E-state index in [9.17, 15) is 22.9 Å². The summed E-state index contributed by atoms with van der Waals surface area (Å²) < 4.78 is 53.0. The summed E-state index contributed by atoms with van der Waals surface area (Å²) >= 11 is 5.96. The molecule has 15 heteroatoms. The van der Waals surface area contributed by atoms with E-state index in [-0.39, 0.29) is 49.4 Å². The first-order valence-corrected chi connectivity index (χ1v) is 13.8. The summed E-state index contributed by atoms with van der Waals surface area (Å²) in [5, 5.41) is 3.53. The first-order valence-electron chi connectivity index (χ1n) is 11.9. The number of aromatic nitrogens is 1. The number of amides is 2. The summed E-state index contributed by atoms with van der Waals surface area (Å²) in [4.78, 5) is 48.2. The summed E-state index contributed by atoms with van der Waals surface area (Å²) in [6.45, 7) is -1.13. The lowest BCUT2D eigenvalue weighted by molar-refractivity contribution is -0.134. The molecule has 0 unspecified atom stereocenters. The van der Waals surface area contributed by atoms with E-state index < -0.39 is 38.2 Å². The molecule has 0 aliphatic heterocycles. The number of fused-ring (bicyclic) bond motifs is 1. The molecule has 0 bridgehead atoms. The van der Waals surface area contributed by atoms with Gasteiger partial charge in [0.25, 0.3) is 0 Å². The SMILES string of the molecule is CN(C(=O)CCc1cccc(F)c1Cl)[C@@H](COCCOP(=O)(O)O)COC(=O)Nc1cc2cc(F)ccc2cn1. The lowest BCUT2D eigenvalue weighted by atomic mass is 10.1. The number of benzene rings is 2. The molecule has 216 valence electrons. The molecule has 3 rings (SSSR count). The minimum Gasteiger partial charge on any atom is -0.447 e. The van der Waals surface area contributed by atoms with Crippen molar-refractivity contribution in [2.75, 3.05) is 38.8 Å². The van der Waals surface area contributed by atoms with Crippen molar-refractivity contribution < 1.29 is 46.7 Å². The summed E-state index contributed by atoms with van der Waals surface area (Å²) in [7, 11) is -3.22. The monoisotopic (exact) mass is 601 g/mol. The number of phosphoric ester groups is 1. The Hall–Kier alpha value is -3.19. The molecule has 1 atom stereocenters. The molecular formula is C25H27ClF2N3O8P. The van der Waals surface area contributed by atoms with Gasteiger partial charge >= 0.3 is 13.9 Å². The van der Waals surface area contributed by atoms with Crippen LogP contribution in [0.3, 0.4) is 0 Å². The molecule has 3 N–H and O–H groups in total. The Labute approximate surface area is 233 Å². The van der Waals surface area contributed by atoms with Gasteiger partial charge in [-0.2, -0.15) is 0 Å². The van der Waals surface area contributed by atoms with E-state index in [2.05, 4.69) is 14.8 Å². The van der Waals surface area contributed by atoms with Crippen LogP contribution in [0.15, 0.2) is 48.7 Å². The zero-order valence-electron chi connectivity index (χ0n) is 21.3. The minimum absolute atomic E-state index is 0.0404. The smallest absolute Gasteiger partial charge is 0.447 e. The van der Waals surface area contributed by atoms with Crippen LogP contribution in [-0.2, 0) is 29.8 Å². The van der Waals surface area contributed by atoms with E-state index in [0.717, 1.165) is 0 Å². The number of ether oxygens (including phenoxy) is 2. The number of likely N-dealkylation sites (N-methyl/N-ethyl adjacent to an activating group) is 1. The van der Waals surface area contributed by atoms with Gasteiger partial charge in [-0.3, -0.25) is 14.6 Å². The predicted octanol–water partition coefficient (Wildman–Crippen LogP) is 4.30. The van der Waals surface area contributed by atoms with Crippen LogP contribution in [0.25, 0.3) is 10.8 Å². The molecule has 0 aliphatic rings. The highest BCUT2D eigenvalue weighted by Crippen LogP contribution is 2.35. The van der Waals surface area contributed by atoms with Gasteiger partial charge in [0, 0.05) is 25.1 Å². The number of nitrogens with one attached hydrogen (secondary N) is 1. The van der Waals surface area contributed by atoms with E-state index in [1.807, 2.05) is 0 Å². The van der Waals surface area contributed by atoms with Gasteiger partial charge in [-0.1, -0.05) is 23.7 Å². The lowest BCUT2D eigenvalue weighted by Gasteiger charge is -2.28. The minimum atomic E-state index is -4.67. The maximum absolute atomic E-state index is 13.7. The summed E-state index contributed by atoms with van der Waals surface area (Å²) in [6.07, 6.45) is 0.670. The van der Waals surface area contributed by atoms with Gasteiger partial charge in [0.2, 0.25) is 5.91 Å². The number of hydrogen-bond donors (Lipinski definition) is 3. The second-order valence-electron chi connectivity index (χ2n) is 8.55. The van der Waals surface area contributed by atoms with Crippen LogP contribution < -0.4 is 5.32 Å². The summed E-state index contributed by atoms with van der Waals surface area (Å²) in [6, 6.07) is 9.06. The lowest BCUT2D eigenvalue weighted by Crippen LogP contribution is -2.44. The van der Waals surface area contributed by atoms with Gasteiger partial charge in [-0.25, -0.2) is 23.1 Å². The van der Waals surface area contributed by atoms with Crippen LogP contribution >= 0.6 is 19.4 Å². The highest BCUT2D eigenvalue weighted by molar-refractivity contribution is 7.46. The Morgan fingerprint density at radius 1 is 1.12 bits per heavy atom. The number of halogens is 3. The van der Waals surface area contributed by atoms with Crippen molar-refractivity contribution in [3.8, 4) is 0 Å². The zero-order valence-corrected chi connectivity index (χ0v) is 22.9. The molecule has 0 fully saturated rings. The van der Waals surface area contributed by atoms with Crippen molar-refractivity contribution in [2.45, 2.75) is 18.9 Å². The molecule has 2 aromatic carbocycles. The average Bonchev–Trinajstić information content (AvgIpc) is 2.89. The van der Waals surface area contributed by atoms with E-state index in [1.165, 1.54) is 48.5 Å². The number of rotatable bonds is 13. The van der Waals surface area contributed by atoms with Gasteiger partial charge in [0.05, 0.1) is 30.9 Å². The number of carbonyl (C=O) groups excluding carboxylic acids is 2. The third-order valence-electron chi connectivity index (χ3n) is 5.70. The van der Waals surface area contributed by atoms with Crippen molar-refractivity contribution in [3.05, 3.63) is 70.9 Å². The molecule has 0 radical (unpaired) electrons. The highest BCUT2D eigenvalue weighted by atomic mass is 35.5. The molecule has 0 aliphatic carbocycles. The maximum atomic E-state index is 13.7. The normalized spacial score (nSPS) is 12.2.